The first-order valence-electron chi connectivity index (χ1n) is 6.58. The van der Waals surface area contributed by atoms with E-state index < -0.39 is 5.97 Å². The van der Waals surface area contributed by atoms with E-state index in [9.17, 15) is 9.90 Å². The Morgan fingerprint density at radius 1 is 1.36 bits per heavy atom. The molecule has 0 amide bonds. The van der Waals surface area contributed by atoms with Crippen molar-refractivity contribution in [2.45, 2.75) is 6.92 Å². The van der Waals surface area contributed by atoms with E-state index in [0.717, 1.165) is 10.0 Å². The van der Waals surface area contributed by atoms with Gasteiger partial charge in [0.05, 0.1) is 7.11 Å². The average Bonchev–Trinajstić information content (AvgIpc) is 2.86. The number of carboxylic acid groups (broad SMARTS) is 1. The fourth-order valence-electron chi connectivity index (χ4n) is 2.39. The van der Waals surface area contributed by atoms with Gasteiger partial charge in [0.25, 0.3) is 0 Å². The van der Waals surface area contributed by atoms with E-state index in [1.165, 1.54) is 0 Å². The van der Waals surface area contributed by atoms with E-state index in [2.05, 4.69) is 20.9 Å². The zero-order chi connectivity index (χ0) is 15.9. The number of aryl methyl sites for hydroxylation is 1. The lowest BCUT2D eigenvalue weighted by Crippen LogP contribution is -2.04. The van der Waals surface area contributed by atoms with Crippen molar-refractivity contribution in [2.24, 2.45) is 0 Å². The van der Waals surface area contributed by atoms with Crippen molar-refractivity contribution in [3.63, 3.8) is 0 Å². The van der Waals surface area contributed by atoms with Crippen LogP contribution in [0.2, 0.25) is 0 Å². The third-order valence-electron chi connectivity index (χ3n) is 3.47. The van der Waals surface area contributed by atoms with Gasteiger partial charge in [0.1, 0.15) is 17.1 Å². The van der Waals surface area contributed by atoms with Gasteiger partial charge in [-0.2, -0.15) is 0 Å². The number of carboxylic acids is 1. The van der Waals surface area contributed by atoms with Crippen molar-refractivity contribution in [3.8, 4) is 17.0 Å². The minimum Gasteiger partial charge on any atom is -0.496 e. The maximum Gasteiger partial charge on any atom is 0.355 e. The van der Waals surface area contributed by atoms with Crippen LogP contribution in [0.1, 0.15) is 16.1 Å². The summed E-state index contributed by atoms with van der Waals surface area (Å²) in [6.45, 7) is 1.93. The van der Waals surface area contributed by atoms with Crippen LogP contribution in [-0.4, -0.2) is 27.6 Å². The van der Waals surface area contributed by atoms with Crippen molar-refractivity contribution in [1.29, 1.82) is 0 Å². The summed E-state index contributed by atoms with van der Waals surface area (Å²) in [6, 6.07) is 9.09. The van der Waals surface area contributed by atoms with Crippen molar-refractivity contribution in [1.82, 2.24) is 9.38 Å². The fourth-order valence-corrected chi connectivity index (χ4v) is 2.71. The predicted molar refractivity (Wildman–Crippen MR) is 86.6 cm³/mol. The number of rotatable bonds is 3. The number of pyridine rings is 1. The second kappa shape index (κ2) is 5.46. The lowest BCUT2D eigenvalue weighted by molar-refractivity contribution is 0.0690. The number of methoxy groups -OCH3 is 1. The second-order valence-corrected chi connectivity index (χ2v) is 5.70. The topological polar surface area (TPSA) is 63.8 Å². The highest BCUT2D eigenvalue weighted by Gasteiger charge is 2.22. The predicted octanol–water partition coefficient (Wildman–Crippen LogP) is 3.78. The van der Waals surface area contributed by atoms with Gasteiger partial charge in [0.2, 0.25) is 0 Å². The molecule has 5 nitrogen and oxygen atoms in total. The van der Waals surface area contributed by atoms with E-state index in [0.29, 0.717) is 22.7 Å². The molecule has 0 fully saturated rings. The molecule has 0 atom stereocenters. The Bertz CT molecular complexity index is 886. The second-order valence-electron chi connectivity index (χ2n) is 4.85. The summed E-state index contributed by atoms with van der Waals surface area (Å²) in [5.41, 5.74) is 2.72. The lowest BCUT2D eigenvalue weighted by Gasteiger charge is -2.06. The zero-order valence-corrected chi connectivity index (χ0v) is 13.6. The molecule has 1 N–H and O–H groups in total. The van der Waals surface area contributed by atoms with Gasteiger partial charge in [-0.15, -0.1) is 0 Å². The quantitative estimate of drug-likeness (QED) is 0.771. The van der Waals surface area contributed by atoms with Crippen molar-refractivity contribution < 1.29 is 14.6 Å². The fraction of sp³-hybridized carbons (Fsp3) is 0.125. The number of aromatic carboxylic acids is 1. The number of benzene rings is 1. The Morgan fingerprint density at radius 2 is 2.09 bits per heavy atom. The maximum atomic E-state index is 11.7. The molecule has 0 saturated heterocycles. The first-order valence-corrected chi connectivity index (χ1v) is 7.37. The van der Waals surface area contributed by atoms with Crippen LogP contribution in [0.3, 0.4) is 0 Å². The summed E-state index contributed by atoms with van der Waals surface area (Å²) in [5, 5.41) is 9.62. The smallest absolute Gasteiger partial charge is 0.355 e. The number of ether oxygens (including phenoxy) is 1. The molecule has 0 bridgehead atoms. The molecule has 3 aromatic rings. The average molecular weight is 361 g/mol. The molecule has 22 heavy (non-hydrogen) atoms. The molecule has 1 aromatic carbocycles. The Labute approximate surface area is 135 Å². The SMILES string of the molecule is COc1ccccc1-c1nc2cc(C)c(Br)cn2c1C(=O)O. The van der Waals surface area contributed by atoms with Crippen LogP contribution in [0.25, 0.3) is 16.9 Å². The first-order chi connectivity index (χ1) is 10.5. The molecule has 0 unspecified atom stereocenters. The summed E-state index contributed by atoms with van der Waals surface area (Å²) in [6.07, 6.45) is 1.72. The molecule has 6 heteroatoms. The Balaban J connectivity index is 2.39. The number of halogens is 1. The Hall–Kier alpha value is -2.34. The van der Waals surface area contributed by atoms with E-state index >= 15 is 0 Å². The summed E-state index contributed by atoms with van der Waals surface area (Å²) < 4.78 is 7.72. The van der Waals surface area contributed by atoms with Gasteiger partial charge in [-0.05, 0) is 46.6 Å². The molecule has 0 radical (unpaired) electrons. The van der Waals surface area contributed by atoms with Crippen LogP contribution in [0, 0.1) is 6.92 Å². The number of imidazole rings is 1. The number of para-hydroxylation sites is 1. The highest BCUT2D eigenvalue weighted by Crippen LogP contribution is 2.33. The minimum absolute atomic E-state index is 0.111. The molecule has 112 valence electrons. The van der Waals surface area contributed by atoms with Crippen LogP contribution in [0.5, 0.6) is 5.75 Å². The Morgan fingerprint density at radius 3 is 2.77 bits per heavy atom. The number of hydrogen-bond donors (Lipinski definition) is 1. The minimum atomic E-state index is -1.04. The van der Waals surface area contributed by atoms with E-state index in [4.69, 9.17) is 4.74 Å². The van der Waals surface area contributed by atoms with Crippen molar-refractivity contribution >= 4 is 27.5 Å². The van der Waals surface area contributed by atoms with Crippen LogP contribution in [0.4, 0.5) is 0 Å². The van der Waals surface area contributed by atoms with E-state index in [1.807, 2.05) is 25.1 Å². The van der Waals surface area contributed by atoms with Gasteiger partial charge < -0.3 is 9.84 Å². The monoisotopic (exact) mass is 360 g/mol. The number of nitrogens with zero attached hydrogens (tertiary/aromatic N) is 2. The number of carbonyl (C=O) groups is 1. The molecule has 0 aliphatic heterocycles. The summed E-state index contributed by atoms with van der Waals surface area (Å²) in [5.74, 6) is -0.451. The number of fused-ring (bicyclic) bond motifs is 1. The molecule has 2 heterocycles. The molecule has 3 rings (SSSR count). The van der Waals surface area contributed by atoms with Crippen molar-refractivity contribution in [3.05, 3.63) is 52.3 Å². The van der Waals surface area contributed by atoms with Crippen molar-refractivity contribution in [2.75, 3.05) is 7.11 Å². The maximum absolute atomic E-state index is 11.7. The number of hydrogen-bond acceptors (Lipinski definition) is 3. The molecular formula is C16H13BrN2O3. The summed E-state index contributed by atoms with van der Waals surface area (Å²) >= 11 is 3.43. The van der Waals surface area contributed by atoms with Crippen LogP contribution >= 0.6 is 15.9 Å². The van der Waals surface area contributed by atoms with Gasteiger partial charge in [0.15, 0.2) is 5.69 Å². The number of aromatic nitrogens is 2. The molecule has 2 aromatic heterocycles. The molecule has 0 aliphatic carbocycles. The molecular weight excluding hydrogens is 348 g/mol. The van der Waals surface area contributed by atoms with Gasteiger partial charge in [0, 0.05) is 16.2 Å². The van der Waals surface area contributed by atoms with E-state index in [-0.39, 0.29) is 5.69 Å². The molecule has 0 aliphatic rings. The third-order valence-corrected chi connectivity index (χ3v) is 4.30. The van der Waals surface area contributed by atoms with Crippen LogP contribution in [0.15, 0.2) is 41.0 Å². The lowest BCUT2D eigenvalue weighted by atomic mass is 10.1. The summed E-state index contributed by atoms with van der Waals surface area (Å²) in [7, 11) is 1.55. The summed E-state index contributed by atoms with van der Waals surface area (Å²) in [4.78, 5) is 16.2. The highest BCUT2D eigenvalue weighted by molar-refractivity contribution is 9.10. The van der Waals surface area contributed by atoms with Gasteiger partial charge in [-0.3, -0.25) is 4.40 Å². The normalized spacial score (nSPS) is 10.9. The van der Waals surface area contributed by atoms with Crippen LogP contribution < -0.4 is 4.74 Å². The van der Waals surface area contributed by atoms with E-state index in [1.54, 1.807) is 29.8 Å². The zero-order valence-electron chi connectivity index (χ0n) is 12.0. The largest absolute Gasteiger partial charge is 0.496 e. The van der Waals surface area contributed by atoms with Gasteiger partial charge in [-0.25, -0.2) is 9.78 Å². The van der Waals surface area contributed by atoms with Gasteiger partial charge >= 0.3 is 5.97 Å². The molecule has 0 spiro atoms. The van der Waals surface area contributed by atoms with Gasteiger partial charge in [-0.1, -0.05) is 12.1 Å². The molecule has 0 saturated carbocycles. The third kappa shape index (κ3) is 2.25. The standard InChI is InChI=1S/C16H13BrN2O3/c1-9-7-13-18-14(10-5-3-4-6-12(10)22-2)15(16(20)21)19(13)8-11(9)17/h3-8H,1-2H3,(H,20,21). The highest BCUT2D eigenvalue weighted by atomic mass is 79.9. The Kier molecular flexibility index (Phi) is 3.62. The first kappa shape index (κ1) is 14.6. The van der Waals surface area contributed by atoms with Crippen LogP contribution in [-0.2, 0) is 0 Å².